The van der Waals surface area contributed by atoms with Crippen LogP contribution in [0.2, 0.25) is 0 Å². The summed E-state index contributed by atoms with van der Waals surface area (Å²) in [5, 5.41) is -0.118. The van der Waals surface area contributed by atoms with E-state index in [1.807, 2.05) is 27.7 Å². The van der Waals surface area contributed by atoms with Crippen LogP contribution in [0.4, 0.5) is 4.39 Å². The van der Waals surface area contributed by atoms with Crippen LogP contribution >= 0.6 is 7.60 Å². The van der Waals surface area contributed by atoms with E-state index in [1.54, 1.807) is 19.9 Å². The second kappa shape index (κ2) is 6.89. The van der Waals surface area contributed by atoms with Gasteiger partial charge in [-0.05, 0) is 47.6 Å². The van der Waals surface area contributed by atoms with Gasteiger partial charge in [-0.25, -0.2) is 4.39 Å². The number of hydrogen-bond donors (Lipinski definition) is 0. The summed E-state index contributed by atoms with van der Waals surface area (Å²) in [4.78, 5) is 0. The van der Waals surface area contributed by atoms with Gasteiger partial charge in [-0.2, -0.15) is 0 Å². The SMILES string of the molecule is CCOP(=O)(OCC)c1c(F)cccc1B1OC(C)(C)C(C)(C)O1. The fourth-order valence-electron chi connectivity index (χ4n) is 2.49. The van der Waals surface area contributed by atoms with Crippen LogP contribution in [0.5, 0.6) is 0 Å². The van der Waals surface area contributed by atoms with Crippen molar-refractivity contribution >= 4 is 25.5 Å². The molecule has 1 heterocycles. The van der Waals surface area contributed by atoms with Gasteiger partial charge in [0.2, 0.25) is 0 Å². The van der Waals surface area contributed by atoms with Gasteiger partial charge in [0, 0.05) is 5.46 Å². The van der Waals surface area contributed by atoms with Crippen molar-refractivity contribution in [3.63, 3.8) is 0 Å². The van der Waals surface area contributed by atoms with E-state index in [0.717, 1.165) is 0 Å². The second-order valence-electron chi connectivity index (χ2n) is 6.60. The van der Waals surface area contributed by atoms with E-state index >= 15 is 0 Å². The summed E-state index contributed by atoms with van der Waals surface area (Å²) in [5.41, 5.74) is -0.857. The molecule has 1 fully saturated rings. The Hall–Kier alpha value is -0.715. The highest BCUT2D eigenvalue weighted by molar-refractivity contribution is 7.62. The van der Waals surface area contributed by atoms with E-state index < -0.39 is 31.7 Å². The Bertz CT molecular complexity index is 623. The van der Waals surface area contributed by atoms with E-state index in [9.17, 15) is 8.96 Å². The van der Waals surface area contributed by atoms with Crippen LogP contribution in [-0.4, -0.2) is 31.5 Å². The van der Waals surface area contributed by atoms with Crippen LogP contribution in [-0.2, 0) is 22.9 Å². The molecule has 0 spiro atoms. The highest BCUT2D eigenvalue weighted by atomic mass is 31.2. The predicted molar refractivity (Wildman–Crippen MR) is 92.6 cm³/mol. The minimum Gasteiger partial charge on any atom is -0.399 e. The molecule has 0 aliphatic carbocycles. The fourth-order valence-corrected chi connectivity index (χ4v) is 4.33. The lowest BCUT2D eigenvalue weighted by atomic mass is 9.79. The zero-order valence-corrected chi connectivity index (χ0v) is 16.0. The summed E-state index contributed by atoms with van der Waals surface area (Å²) in [6, 6.07) is 4.39. The molecule has 8 heteroatoms. The van der Waals surface area contributed by atoms with Crippen LogP contribution in [0, 0.1) is 5.82 Å². The highest BCUT2D eigenvalue weighted by Crippen LogP contribution is 2.47. The number of rotatable bonds is 6. The summed E-state index contributed by atoms with van der Waals surface area (Å²) < 4.78 is 50.3. The standard InChI is InChI=1S/C16H25BFO5P/c1-7-20-24(19,21-8-2)14-12(10-9-11-13(14)18)17-22-15(3,4)16(5,6)23-17/h9-11H,7-8H2,1-6H3. The normalized spacial score (nSPS) is 19.7. The molecule has 1 saturated heterocycles. The van der Waals surface area contributed by atoms with Crippen LogP contribution in [0.3, 0.4) is 0 Å². The lowest BCUT2D eigenvalue weighted by Gasteiger charge is -2.32. The molecule has 2 rings (SSSR count). The van der Waals surface area contributed by atoms with Crippen molar-refractivity contribution in [3.05, 3.63) is 24.0 Å². The third-order valence-corrected chi connectivity index (χ3v) is 6.61. The summed E-state index contributed by atoms with van der Waals surface area (Å²) in [6.45, 7) is 11.2. The molecule has 134 valence electrons. The maximum atomic E-state index is 14.6. The maximum Gasteiger partial charge on any atom is 0.495 e. The minimum absolute atomic E-state index is 0.118. The summed E-state index contributed by atoms with van der Waals surface area (Å²) in [7, 11) is -4.67. The van der Waals surface area contributed by atoms with Gasteiger partial charge in [-0.1, -0.05) is 12.1 Å². The summed E-state index contributed by atoms with van der Waals surface area (Å²) >= 11 is 0. The van der Waals surface area contributed by atoms with Crippen molar-refractivity contribution in [2.75, 3.05) is 13.2 Å². The molecular formula is C16H25BFO5P. The van der Waals surface area contributed by atoms with Gasteiger partial charge in [0.25, 0.3) is 0 Å². The van der Waals surface area contributed by atoms with Crippen LogP contribution in [0.15, 0.2) is 18.2 Å². The molecule has 1 aliphatic rings. The Morgan fingerprint density at radius 3 is 2.04 bits per heavy atom. The molecule has 1 aromatic carbocycles. The minimum atomic E-state index is -3.82. The van der Waals surface area contributed by atoms with E-state index in [-0.39, 0.29) is 18.5 Å². The lowest BCUT2D eigenvalue weighted by molar-refractivity contribution is 0.00578. The molecule has 0 amide bonds. The zero-order valence-electron chi connectivity index (χ0n) is 15.1. The molecule has 5 nitrogen and oxygen atoms in total. The Kier molecular flexibility index (Phi) is 5.63. The predicted octanol–water partition coefficient (Wildman–Crippen LogP) is 3.02. The molecule has 1 aliphatic heterocycles. The van der Waals surface area contributed by atoms with Gasteiger partial charge < -0.3 is 18.4 Å². The van der Waals surface area contributed by atoms with Crippen LogP contribution in [0.25, 0.3) is 0 Å². The molecule has 0 aromatic heterocycles. The van der Waals surface area contributed by atoms with Crippen LogP contribution < -0.4 is 10.8 Å². The Morgan fingerprint density at radius 1 is 1.08 bits per heavy atom. The van der Waals surface area contributed by atoms with Crippen molar-refractivity contribution < 1.29 is 27.3 Å². The first-order chi connectivity index (χ1) is 11.1. The van der Waals surface area contributed by atoms with Crippen LogP contribution in [0.1, 0.15) is 41.5 Å². The van der Waals surface area contributed by atoms with Gasteiger partial charge >= 0.3 is 14.7 Å². The average molecular weight is 358 g/mol. The Balaban J connectivity index is 2.54. The molecule has 0 bridgehead atoms. The Morgan fingerprint density at radius 2 is 1.58 bits per heavy atom. The Labute approximate surface area is 143 Å². The van der Waals surface area contributed by atoms with Crippen molar-refractivity contribution in [3.8, 4) is 0 Å². The molecule has 0 saturated carbocycles. The molecular weight excluding hydrogens is 333 g/mol. The number of halogens is 1. The first-order valence-electron chi connectivity index (χ1n) is 8.11. The van der Waals surface area contributed by atoms with Gasteiger partial charge in [0.1, 0.15) is 5.82 Å². The monoisotopic (exact) mass is 358 g/mol. The van der Waals surface area contributed by atoms with Crippen molar-refractivity contribution in [1.82, 2.24) is 0 Å². The maximum absolute atomic E-state index is 14.6. The zero-order chi connectivity index (χ0) is 18.2. The average Bonchev–Trinajstić information content (AvgIpc) is 2.67. The van der Waals surface area contributed by atoms with Crippen molar-refractivity contribution in [2.45, 2.75) is 52.7 Å². The summed E-state index contributed by atoms with van der Waals surface area (Å²) in [5.74, 6) is -0.660. The molecule has 24 heavy (non-hydrogen) atoms. The third kappa shape index (κ3) is 3.46. The van der Waals surface area contributed by atoms with Crippen molar-refractivity contribution in [2.24, 2.45) is 0 Å². The van der Waals surface area contributed by atoms with E-state index in [1.165, 1.54) is 12.1 Å². The molecule has 0 unspecified atom stereocenters. The number of hydrogen-bond acceptors (Lipinski definition) is 5. The summed E-state index contributed by atoms with van der Waals surface area (Å²) in [6.07, 6.45) is 0. The quantitative estimate of drug-likeness (QED) is 0.578. The largest absolute Gasteiger partial charge is 0.495 e. The fraction of sp³-hybridized carbons (Fsp3) is 0.625. The lowest BCUT2D eigenvalue weighted by Crippen LogP contribution is -2.45. The highest BCUT2D eigenvalue weighted by Gasteiger charge is 2.53. The third-order valence-electron chi connectivity index (χ3n) is 4.40. The number of benzene rings is 1. The van der Waals surface area contributed by atoms with E-state index in [0.29, 0.717) is 5.46 Å². The molecule has 0 atom stereocenters. The van der Waals surface area contributed by atoms with E-state index in [4.69, 9.17) is 18.4 Å². The first kappa shape index (κ1) is 19.6. The smallest absolute Gasteiger partial charge is 0.399 e. The molecule has 1 aromatic rings. The van der Waals surface area contributed by atoms with Gasteiger partial charge in [-0.3, -0.25) is 4.57 Å². The van der Waals surface area contributed by atoms with Gasteiger partial charge in [0.05, 0.1) is 29.7 Å². The molecule has 0 radical (unpaired) electrons. The second-order valence-corrected chi connectivity index (χ2v) is 8.56. The van der Waals surface area contributed by atoms with Gasteiger partial charge in [0.15, 0.2) is 0 Å². The molecule has 0 N–H and O–H groups in total. The topological polar surface area (TPSA) is 54.0 Å². The van der Waals surface area contributed by atoms with E-state index in [2.05, 4.69) is 0 Å². The van der Waals surface area contributed by atoms with Crippen molar-refractivity contribution in [1.29, 1.82) is 0 Å². The van der Waals surface area contributed by atoms with Gasteiger partial charge in [-0.15, -0.1) is 0 Å². The first-order valence-corrected chi connectivity index (χ1v) is 9.66.